The molecule has 0 N–H and O–H groups in total. The van der Waals surface area contributed by atoms with Crippen molar-refractivity contribution in [2.45, 2.75) is 297 Å². The summed E-state index contributed by atoms with van der Waals surface area (Å²) in [5.41, 5.74) is 2.60. The van der Waals surface area contributed by atoms with Gasteiger partial charge in [-0.05, 0) is 73.9 Å². The van der Waals surface area contributed by atoms with E-state index < -0.39 is 23.9 Å². The van der Waals surface area contributed by atoms with Crippen molar-refractivity contribution < 1.29 is 38.1 Å². The molecule has 8 nitrogen and oxygen atoms in total. The predicted molar refractivity (Wildman–Crippen MR) is 309 cm³/mol. The molecule has 0 aromatic heterocycles. The molecule has 74 heavy (non-hydrogen) atoms. The molecular weight excluding hydrogens is 921 g/mol. The molecular formula is C66H110O8. The van der Waals surface area contributed by atoms with E-state index in [-0.39, 0.29) is 22.3 Å². The molecule has 0 saturated heterocycles. The van der Waals surface area contributed by atoms with Crippen LogP contribution in [0.15, 0.2) is 36.4 Å². The van der Waals surface area contributed by atoms with Crippen LogP contribution in [0.3, 0.4) is 0 Å². The third-order valence-electron chi connectivity index (χ3n) is 14.7. The van der Waals surface area contributed by atoms with Crippen molar-refractivity contribution in [1.82, 2.24) is 0 Å². The molecule has 0 aliphatic heterocycles. The summed E-state index contributed by atoms with van der Waals surface area (Å²) in [6, 6.07) is 10.7. The Balaban J connectivity index is 2.11. The molecule has 0 saturated carbocycles. The zero-order valence-corrected chi connectivity index (χ0v) is 48.3. The van der Waals surface area contributed by atoms with Gasteiger partial charge in [0.25, 0.3) is 0 Å². The maximum atomic E-state index is 13.7. The summed E-state index contributed by atoms with van der Waals surface area (Å²) in [4.78, 5) is 54.5. The third kappa shape index (κ3) is 34.1. The molecule has 0 spiro atoms. The van der Waals surface area contributed by atoms with Gasteiger partial charge < -0.3 is 18.9 Å². The minimum Gasteiger partial charge on any atom is -0.462 e. The van der Waals surface area contributed by atoms with Crippen LogP contribution >= 0.6 is 0 Å². The zero-order chi connectivity index (χ0) is 53.4. The molecule has 0 radical (unpaired) electrons. The number of esters is 4. The van der Waals surface area contributed by atoms with Crippen LogP contribution in [0.2, 0.25) is 0 Å². The van der Waals surface area contributed by atoms with Crippen LogP contribution in [0.5, 0.6) is 0 Å². The van der Waals surface area contributed by atoms with Crippen molar-refractivity contribution in [2.24, 2.45) is 0 Å². The summed E-state index contributed by atoms with van der Waals surface area (Å²) in [6.45, 7) is 10.2. The smallest absolute Gasteiger partial charge is 0.339 e. The zero-order valence-electron chi connectivity index (χ0n) is 48.3. The van der Waals surface area contributed by atoms with Crippen LogP contribution < -0.4 is 0 Å². The number of hydrogen-bond donors (Lipinski definition) is 0. The summed E-state index contributed by atoms with van der Waals surface area (Å²) < 4.78 is 23.1. The molecule has 0 heterocycles. The quantitative estimate of drug-likeness (QED) is 0.0367. The second-order valence-corrected chi connectivity index (χ2v) is 21.5. The first kappa shape index (κ1) is 66.4. The number of hydrogen-bond acceptors (Lipinski definition) is 8. The summed E-state index contributed by atoms with van der Waals surface area (Å²) in [6.07, 6.45) is 48.6. The molecule has 2 rings (SSSR count). The Morgan fingerprint density at radius 3 is 0.662 bits per heavy atom. The van der Waals surface area contributed by atoms with Gasteiger partial charge in [0.2, 0.25) is 0 Å². The normalized spacial score (nSPS) is 11.2. The van der Waals surface area contributed by atoms with Crippen LogP contribution in [0.25, 0.3) is 0 Å². The van der Waals surface area contributed by atoms with Crippen LogP contribution in [-0.2, 0) is 31.8 Å². The van der Waals surface area contributed by atoms with Gasteiger partial charge in [-0.1, -0.05) is 271 Å². The Bertz CT molecular complexity index is 1580. The summed E-state index contributed by atoms with van der Waals surface area (Å²) in [5, 5.41) is 0. The summed E-state index contributed by atoms with van der Waals surface area (Å²) in [7, 11) is 0. The molecule has 0 unspecified atom stereocenters. The second kappa shape index (κ2) is 47.7. The number of carbonyl (C=O) groups is 4. The molecule has 8 heteroatoms. The Labute approximate surface area is 453 Å². The number of aryl methyl sites for hydroxylation is 2. The first-order chi connectivity index (χ1) is 36.4. The van der Waals surface area contributed by atoms with E-state index in [1.54, 1.807) is 24.3 Å². The van der Waals surface area contributed by atoms with E-state index in [2.05, 4.69) is 27.7 Å². The molecule has 2 aromatic rings. The second-order valence-electron chi connectivity index (χ2n) is 21.5. The Morgan fingerprint density at radius 2 is 0.446 bits per heavy atom. The van der Waals surface area contributed by atoms with E-state index in [0.717, 1.165) is 88.2 Å². The highest BCUT2D eigenvalue weighted by atomic mass is 16.5. The van der Waals surface area contributed by atoms with Gasteiger partial charge in [0.1, 0.15) is 0 Å². The Hall–Kier alpha value is -3.68. The number of ether oxygens (including phenoxy) is 4. The Kier molecular flexibility index (Phi) is 42.9. The van der Waals surface area contributed by atoms with E-state index in [0.29, 0.717) is 39.3 Å². The van der Waals surface area contributed by atoms with Crippen molar-refractivity contribution >= 4 is 23.9 Å². The van der Waals surface area contributed by atoms with Crippen molar-refractivity contribution in [3.63, 3.8) is 0 Å². The number of rotatable bonds is 51. The molecule has 2 aromatic carbocycles. The molecule has 422 valence electrons. The minimum atomic E-state index is -0.512. The molecule has 0 fully saturated rings. The lowest BCUT2D eigenvalue weighted by Crippen LogP contribution is -2.16. The fraction of sp³-hybridized carbons (Fsp3) is 0.758. The van der Waals surface area contributed by atoms with Gasteiger partial charge in [-0.25, -0.2) is 19.2 Å². The number of carbonyl (C=O) groups excluding carboxylic acids is 4. The lowest BCUT2D eigenvalue weighted by molar-refractivity contribution is 0.0450. The van der Waals surface area contributed by atoms with E-state index in [9.17, 15) is 19.2 Å². The van der Waals surface area contributed by atoms with Crippen molar-refractivity contribution in [2.75, 3.05) is 26.4 Å². The predicted octanol–water partition coefficient (Wildman–Crippen LogP) is 19.8. The van der Waals surface area contributed by atoms with Gasteiger partial charge in [-0.15, -0.1) is 0 Å². The van der Waals surface area contributed by atoms with Crippen molar-refractivity contribution in [3.8, 4) is 0 Å². The molecule has 0 atom stereocenters. The lowest BCUT2D eigenvalue weighted by Gasteiger charge is -2.13. The summed E-state index contributed by atoms with van der Waals surface area (Å²) >= 11 is 0. The fourth-order valence-corrected chi connectivity index (χ4v) is 9.80. The largest absolute Gasteiger partial charge is 0.462 e. The average molecular weight is 1030 g/mol. The summed E-state index contributed by atoms with van der Waals surface area (Å²) in [5.74, 6) is -2.03. The van der Waals surface area contributed by atoms with Gasteiger partial charge in [0.15, 0.2) is 0 Å². The van der Waals surface area contributed by atoms with E-state index in [1.165, 1.54) is 180 Å². The van der Waals surface area contributed by atoms with Gasteiger partial charge in [-0.3, -0.25) is 0 Å². The monoisotopic (exact) mass is 1030 g/mol. The lowest BCUT2D eigenvalue weighted by atomic mass is 9.97. The highest BCUT2D eigenvalue weighted by Gasteiger charge is 2.23. The maximum Gasteiger partial charge on any atom is 0.339 e. The molecule has 0 aliphatic carbocycles. The van der Waals surface area contributed by atoms with Gasteiger partial charge in [0, 0.05) is 0 Å². The molecule has 0 amide bonds. The number of benzene rings is 2. The van der Waals surface area contributed by atoms with Crippen LogP contribution in [0.4, 0.5) is 0 Å². The van der Waals surface area contributed by atoms with Crippen molar-refractivity contribution in [3.05, 3.63) is 69.8 Å². The van der Waals surface area contributed by atoms with Gasteiger partial charge in [-0.2, -0.15) is 0 Å². The van der Waals surface area contributed by atoms with Crippen LogP contribution in [0, 0.1) is 0 Å². The first-order valence-electron chi connectivity index (χ1n) is 31.3. The average Bonchev–Trinajstić information content (AvgIpc) is 3.41. The molecule has 0 bridgehead atoms. The standard InChI is InChI=1S/C66H110O8/c1-5-9-13-17-21-25-29-33-37-41-51-71-63(67)59-49-47-57(55-61(59)65(69)73-53-43-39-35-31-27-23-19-15-11-7-3)45-46-58-48-50-60(64(68)72-52-42-38-34-30-26-22-18-14-10-6-2)62(56-58)66(70)74-54-44-40-36-32-28-24-20-16-12-8-4/h47-50,55-56H,5-46,51-54H2,1-4H3. The topological polar surface area (TPSA) is 105 Å². The highest BCUT2D eigenvalue weighted by molar-refractivity contribution is 6.04. The van der Waals surface area contributed by atoms with Gasteiger partial charge >= 0.3 is 23.9 Å². The van der Waals surface area contributed by atoms with E-state index in [1.807, 2.05) is 12.1 Å². The molecule has 0 aliphatic rings. The SMILES string of the molecule is CCCCCCCCCCCCOC(=O)c1ccc(CCc2ccc(C(=O)OCCCCCCCCCCCC)c(C(=O)OCCCCCCCCCCCC)c2)cc1C(=O)OCCCCCCCCCCCC. The first-order valence-corrected chi connectivity index (χ1v) is 31.3. The fourth-order valence-electron chi connectivity index (χ4n) is 9.80. The van der Waals surface area contributed by atoms with Crippen LogP contribution in [-0.4, -0.2) is 50.3 Å². The number of unbranched alkanes of at least 4 members (excludes halogenated alkanes) is 36. The van der Waals surface area contributed by atoms with Crippen LogP contribution in [0.1, 0.15) is 337 Å². The third-order valence-corrected chi connectivity index (χ3v) is 14.7. The van der Waals surface area contributed by atoms with Crippen molar-refractivity contribution in [1.29, 1.82) is 0 Å². The van der Waals surface area contributed by atoms with Gasteiger partial charge in [0.05, 0.1) is 48.7 Å². The maximum absolute atomic E-state index is 13.7. The van der Waals surface area contributed by atoms with E-state index in [4.69, 9.17) is 18.9 Å². The minimum absolute atomic E-state index is 0.222. The highest BCUT2D eigenvalue weighted by Crippen LogP contribution is 2.22. The Morgan fingerprint density at radius 1 is 0.257 bits per heavy atom. The van der Waals surface area contributed by atoms with E-state index >= 15 is 0 Å².